The fourth-order valence-electron chi connectivity index (χ4n) is 6.79. The van der Waals surface area contributed by atoms with Gasteiger partial charge in [0.05, 0.1) is 0 Å². The fourth-order valence-corrected chi connectivity index (χ4v) is 8.55. The molecule has 0 saturated heterocycles. The van der Waals surface area contributed by atoms with Crippen LogP contribution in [-0.2, 0) is 38.1 Å². The number of halogens is 12. The predicted molar refractivity (Wildman–Crippen MR) is 199 cm³/mol. The number of alkyl halides is 12. The van der Waals surface area contributed by atoms with E-state index in [0.29, 0.717) is 9.79 Å². The van der Waals surface area contributed by atoms with Gasteiger partial charge in [-0.1, -0.05) is 72.1 Å². The highest BCUT2D eigenvalue weighted by atomic mass is 32.2. The van der Waals surface area contributed by atoms with Crippen LogP contribution in [0.4, 0.5) is 52.7 Å². The molecule has 7 rings (SSSR count). The minimum absolute atomic E-state index is 0.0780. The Morgan fingerprint density at radius 2 is 0.609 bits per heavy atom. The van der Waals surface area contributed by atoms with Crippen LogP contribution in [0.5, 0.6) is 0 Å². The molecule has 0 aliphatic heterocycles. The summed E-state index contributed by atoms with van der Waals surface area (Å²) >= 11 is 2.01. The summed E-state index contributed by atoms with van der Waals surface area (Å²) in [7, 11) is 0. The third-order valence-corrected chi connectivity index (χ3v) is 10.9. The summed E-state index contributed by atoms with van der Waals surface area (Å²) in [6.07, 6.45) is -23.7. The van der Waals surface area contributed by atoms with Crippen LogP contribution in [0.15, 0.2) is 140 Å². The van der Waals surface area contributed by atoms with Gasteiger partial charge in [-0.2, -0.15) is 0 Å². The van der Waals surface area contributed by atoms with Gasteiger partial charge in [0.2, 0.25) is 0 Å². The molecule has 330 valence electrons. The Kier molecular flexibility index (Phi) is 11.9. The smallest absolute Gasteiger partial charge is 0.369 e. The molecule has 8 nitrogen and oxygen atoms in total. The molecule has 0 heterocycles. The minimum atomic E-state index is -5.92. The summed E-state index contributed by atoms with van der Waals surface area (Å²) in [6, 6.07) is 26.1. The van der Waals surface area contributed by atoms with Gasteiger partial charge >= 0.3 is 49.3 Å². The van der Waals surface area contributed by atoms with Crippen molar-refractivity contribution in [1.29, 1.82) is 0 Å². The number of hydrogen-bond donors (Lipinski definition) is 0. The highest BCUT2D eigenvalue weighted by molar-refractivity contribution is 7.99. The predicted octanol–water partition coefficient (Wildman–Crippen LogP) is 11.8. The standard InChI is InChI=1S/C42H18F12O8S2/c43-39(44,45)59-35(55)33(36(56)60-40(46,47)48)31-27-15-21(63-19-7-3-1-4-8-19)11-13-23(27)25-17-26-24-14-12-22(64-20-9-5-2-6-10-20)16-28(24)32(30(26)18-29(25)31)34(37(57)61-41(49,50)51)38(58)62-42(52,53)54/h1-18H. The molecule has 5 aromatic carbocycles. The van der Waals surface area contributed by atoms with Crippen LogP contribution in [-0.4, -0.2) is 49.3 Å². The maximum Gasteiger partial charge on any atom is 0.575 e. The van der Waals surface area contributed by atoms with E-state index in [0.717, 1.165) is 35.7 Å². The summed E-state index contributed by atoms with van der Waals surface area (Å²) < 4.78 is 177. The van der Waals surface area contributed by atoms with E-state index in [-0.39, 0.29) is 32.0 Å². The first-order valence-corrected chi connectivity index (χ1v) is 19.1. The quantitative estimate of drug-likeness (QED) is 0.0365. The van der Waals surface area contributed by atoms with E-state index in [1.54, 1.807) is 60.7 Å². The number of hydrogen-bond acceptors (Lipinski definition) is 10. The van der Waals surface area contributed by atoms with Gasteiger partial charge in [-0.3, -0.25) is 0 Å². The maximum absolute atomic E-state index is 13.6. The average molecular weight is 943 g/mol. The zero-order valence-electron chi connectivity index (χ0n) is 31.0. The molecular formula is C42H18F12O8S2. The van der Waals surface area contributed by atoms with E-state index in [1.807, 2.05) is 0 Å². The molecule has 0 bridgehead atoms. The van der Waals surface area contributed by atoms with Crippen LogP contribution in [0.25, 0.3) is 33.4 Å². The van der Waals surface area contributed by atoms with Gasteiger partial charge in [0.25, 0.3) is 0 Å². The summed E-state index contributed by atoms with van der Waals surface area (Å²) in [5.74, 6) is -10.9. The van der Waals surface area contributed by atoms with E-state index in [1.165, 1.54) is 36.4 Å². The largest absolute Gasteiger partial charge is 0.575 e. The zero-order chi connectivity index (χ0) is 46.5. The van der Waals surface area contributed by atoms with Gasteiger partial charge in [0.1, 0.15) is 0 Å². The van der Waals surface area contributed by atoms with Gasteiger partial charge in [0, 0.05) is 30.7 Å². The molecular weight excluding hydrogens is 925 g/mol. The van der Waals surface area contributed by atoms with Gasteiger partial charge < -0.3 is 18.9 Å². The van der Waals surface area contributed by atoms with Crippen LogP contribution < -0.4 is 0 Å². The highest BCUT2D eigenvalue weighted by Crippen LogP contribution is 2.55. The lowest BCUT2D eigenvalue weighted by molar-refractivity contribution is -0.310. The topological polar surface area (TPSA) is 105 Å². The second-order valence-corrected chi connectivity index (χ2v) is 15.3. The Balaban J connectivity index is 1.57. The third-order valence-electron chi connectivity index (χ3n) is 8.91. The van der Waals surface area contributed by atoms with Crippen LogP contribution in [0.2, 0.25) is 0 Å². The number of fused-ring (bicyclic) bond motifs is 6. The molecule has 0 fully saturated rings. The second kappa shape index (κ2) is 16.8. The Morgan fingerprint density at radius 3 is 0.906 bits per heavy atom. The van der Waals surface area contributed by atoms with Crippen molar-refractivity contribution in [2.45, 2.75) is 45.0 Å². The minimum Gasteiger partial charge on any atom is -0.369 e. The molecule has 0 unspecified atom stereocenters. The molecule has 0 atom stereocenters. The monoisotopic (exact) mass is 942 g/mol. The Bertz CT molecular complexity index is 2550. The van der Waals surface area contributed by atoms with Gasteiger partial charge in [-0.05, 0) is 105 Å². The lowest BCUT2D eigenvalue weighted by atomic mass is 9.92. The van der Waals surface area contributed by atoms with E-state index < -0.39 is 93.9 Å². The molecule has 64 heavy (non-hydrogen) atoms. The van der Waals surface area contributed by atoms with Gasteiger partial charge in [0.15, 0.2) is 11.1 Å². The first kappa shape index (κ1) is 45.3. The lowest BCUT2D eigenvalue weighted by Crippen LogP contribution is -2.29. The number of carbonyl (C=O) groups is 4. The van der Waals surface area contributed by atoms with Crippen molar-refractivity contribution in [3.63, 3.8) is 0 Å². The van der Waals surface area contributed by atoms with Crippen LogP contribution >= 0.6 is 23.5 Å². The van der Waals surface area contributed by atoms with Crippen LogP contribution in [0.1, 0.15) is 22.3 Å². The Hall–Kier alpha value is -6.68. The van der Waals surface area contributed by atoms with Crippen molar-refractivity contribution in [2.24, 2.45) is 0 Å². The summed E-state index contributed by atoms with van der Waals surface area (Å²) in [6.45, 7) is 0. The number of benzene rings is 5. The molecule has 0 spiro atoms. The summed E-state index contributed by atoms with van der Waals surface area (Å²) in [5, 5.41) is 0. The molecule has 0 saturated carbocycles. The van der Waals surface area contributed by atoms with Crippen LogP contribution in [0, 0.1) is 0 Å². The molecule has 0 amide bonds. The van der Waals surface area contributed by atoms with Crippen molar-refractivity contribution < 1.29 is 90.8 Å². The van der Waals surface area contributed by atoms with E-state index in [4.69, 9.17) is 0 Å². The molecule has 22 heteroatoms. The van der Waals surface area contributed by atoms with Gasteiger partial charge in [-0.15, -0.1) is 52.7 Å². The second-order valence-electron chi connectivity index (χ2n) is 13.0. The lowest BCUT2D eigenvalue weighted by Gasteiger charge is -2.16. The summed E-state index contributed by atoms with van der Waals surface area (Å²) in [5.41, 5.74) is -8.71. The van der Waals surface area contributed by atoms with Crippen molar-refractivity contribution in [1.82, 2.24) is 0 Å². The molecule has 0 aromatic heterocycles. The SMILES string of the molecule is O=C(OC(F)(F)F)C(C(=O)OC(F)(F)F)=C1c2cc(Sc3ccccc3)ccc2-c2cc3c(cc21)C(=C(C(=O)OC(F)(F)F)C(=O)OC(F)(F)F)c1cc(Sc2ccccc2)ccc1-3. The maximum atomic E-state index is 13.6. The average Bonchev–Trinajstić information content (AvgIpc) is 3.63. The van der Waals surface area contributed by atoms with Crippen molar-refractivity contribution in [3.05, 3.63) is 143 Å². The normalized spacial score (nSPS) is 13.0. The first-order valence-electron chi connectivity index (χ1n) is 17.5. The highest BCUT2D eigenvalue weighted by Gasteiger charge is 2.47. The van der Waals surface area contributed by atoms with Crippen molar-refractivity contribution in [2.75, 3.05) is 0 Å². The summed E-state index contributed by atoms with van der Waals surface area (Å²) in [4.78, 5) is 54.6. The van der Waals surface area contributed by atoms with Gasteiger partial charge in [-0.25, -0.2) is 19.2 Å². The van der Waals surface area contributed by atoms with Crippen LogP contribution in [0.3, 0.4) is 0 Å². The molecule has 2 aliphatic rings. The number of carbonyl (C=O) groups excluding carboxylic acids is 4. The number of ether oxygens (including phenoxy) is 4. The molecule has 2 aliphatic carbocycles. The third kappa shape index (κ3) is 10.1. The Labute approximate surface area is 358 Å². The van der Waals surface area contributed by atoms with Crippen molar-refractivity contribution in [3.8, 4) is 22.3 Å². The van der Waals surface area contributed by atoms with E-state index in [2.05, 4.69) is 18.9 Å². The fraction of sp³-hybridized carbons (Fsp3) is 0.0952. The molecule has 0 radical (unpaired) electrons. The first-order chi connectivity index (χ1) is 29.9. The van der Waals surface area contributed by atoms with E-state index >= 15 is 0 Å². The Morgan fingerprint density at radius 1 is 0.328 bits per heavy atom. The van der Waals surface area contributed by atoms with Crippen molar-refractivity contribution >= 4 is 58.5 Å². The van der Waals surface area contributed by atoms with E-state index in [9.17, 15) is 71.9 Å². The molecule has 5 aromatic rings. The number of rotatable bonds is 8. The number of esters is 4. The zero-order valence-corrected chi connectivity index (χ0v) is 32.6. The molecule has 0 N–H and O–H groups in total.